The van der Waals surface area contributed by atoms with E-state index in [1.54, 1.807) is 16.9 Å². The summed E-state index contributed by atoms with van der Waals surface area (Å²) in [6, 6.07) is 13.3. The average molecular weight is 459 g/mol. The molecule has 0 bridgehead atoms. The number of aromatic nitrogens is 3. The molecule has 0 aliphatic rings. The van der Waals surface area contributed by atoms with Crippen LogP contribution in [0.2, 0.25) is 5.15 Å². The SMILES string of the molecule is Cc1cc(C(C)Nc2ccc(Cl)nc2)c2oc(-c3ccc4nn(C)cc4c3)c(C)c(=O)c2c1. The van der Waals surface area contributed by atoms with Crippen LogP contribution >= 0.6 is 11.6 Å². The molecule has 0 aliphatic heterocycles. The molecule has 5 rings (SSSR count). The van der Waals surface area contributed by atoms with Crippen LogP contribution in [0.25, 0.3) is 33.2 Å². The van der Waals surface area contributed by atoms with Crippen LogP contribution in [0.1, 0.15) is 29.7 Å². The Kier molecular flexibility index (Phi) is 5.17. The number of fused-ring (bicyclic) bond motifs is 2. The Hall–Kier alpha value is -3.64. The zero-order valence-corrected chi connectivity index (χ0v) is 19.6. The van der Waals surface area contributed by atoms with E-state index in [4.69, 9.17) is 16.0 Å². The van der Waals surface area contributed by atoms with E-state index in [0.717, 1.165) is 33.3 Å². The minimum absolute atomic E-state index is 0.0251. The summed E-state index contributed by atoms with van der Waals surface area (Å²) < 4.78 is 8.25. The Labute approximate surface area is 195 Å². The minimum atomic E-state index is -0.130. The fraction of sp³-hybridized carbons (Fsp3) is 0.192. The van der Waals surface area contributed by atoms with Gasteiger partial charge in [0.05, 0.1) is 28.8 Å². The third-order valence-corrected chi connectivity index (χ3v) is 6.07. The Morgan fingerprint density at radius 2 is 1.94 bits per heavy atom. The quantitative estimate of drug-likeness (QED) is 0.325. The number of pyridine rings is 1. The molecular formula is C26H23ClN4O2. The summed E-state index contributed by atoms with van der Waals surface area (Å²) in [6.07, 6.45) is 3.64. The van der Waals surface area contributed by atoms with Crippen LogP contribution in [0.15, 0.2) is 64.1 Å². The molecule has 2 aromatic carbocycles. The first kappa shape index (κ1) is 21.2. The van der Waals surface area contributed by atoms with Gasteiger partial charge in [0.15, 0.2) is 5.43 Å². The number of nitrogens with one attached hydrogen (secondary N) is 1. The second kappa shape index (κ2) is 8.05. The monoisotopic (exact) mass is 458 g/mol. The molecule has 0 saturated heterocycles. The summed E-state index contributed by atoms with van der Waals surface area (Å²) in [5.41, 5.74) is 5.62. The van der Waals surface area contributed by atoms with Crippen LogP contribution < -0.4 is 10.7 Å². The first-order valence-electron chi connectivity index (χ1n) is 10.7. The van der Waals surface area contributed by atoms with E-state index in [9.17, 15) is 4.79 Å². The fourth-order valence-electron chi connectivity index (χ4n) is 4.24. The normalized spacial score (nSPS) is 12.4. The predicted molar refractivity (Wildman–Crippen MR) is 133 cm³/mol. The number of nitrogens with zero attached hydrogens (tertiary/aromatic N) is 3. The van der Waals surface area contributed by atoms with Gasteiger partial charge in [0.25, 0.3) is 0 Å². The smallest absolute Gasteiger partial charge is 0.196 e. The van der Waals surface area contributed by atoms with Gasteiger partial charge in [-0.1, -0.05) is 17.7 Å². The van der Waals surface area contributed by atoms with Crippen molar-refractivity contribution in [2.24, 2.45) is 7.05 Å². The van der Waals surface area contributed by atoms with E-state index in [0.29, 0.717) is 27.4 Å². The van der Waals surface area contributed by atoms with Crippen LogP contribution in [0.5, 0.6) is 0 Å². The van der Waals surface area contributed by atoms with Crippen molar-refractivity contribution in [3.05, 3.63) is 86.9 Å². The lowest BCUT2D eigenvalue weighted by Gasteiger charge is -2.18. The topological polar surface area (TPSA) is 73.0 Å². The highest BCUT2D eigenvalue weighted by Crippen LogP contribution is 2.33. The summed E-state index contributed by atoms with van der Waals surface area (Å²) >= 11 is 5.92. The largest absolute Gasteiger partial charge is 0.455 e. The maximum Gasteiger partial charge on any atom is 0.196 e. The summed E-state index contributed by atoms with van der Waals surface area (Å²) in [7, 11) is 1.89. The molecule has 1 N–H and O–H groups in total. The molecule has 6 nitrogen and oxygen atoms in total. The second-order valence-electron chi connectivity index (χ2n) is 8.43. The molecule has 166 valence electrons. The van der Waals surface area contributed by atoms with Gasteiger partial charge in [0.1, 0.15) is 16.5 Å². The van der Waals surface area contributed by atoms with Crippen molar-refractivity contribution in [3.63, 3.8) is 0 Å². The molecule has 1 unspecified atom stereocenters. The van der Waals surface area contributed by atoms with Crippen molar-refractivity contribution in [3.8, 4) is 11.3 Å². The molecule has 0 amide bonds. The Morgan fingerprint density at radius 1 is 1.12 bits per heavy atom. The van der Waals surface area contributed by atoms with Crippen LogP contribution in [0.3, 0.4) is 0 Å². The van der Waals surface area contributed by atoms with Gasteiger partial charge in [-0.15, -0.1) is 0 Å². The van der Waals surface area contributed by atoms with Crippen LogP contribution in [0.4, 0.5) is 5.69 Å². The Bertz CT molecular complexity index is 1570. The highest BCUT2D eigenvalue weighted by atomic mass is 35.5. The number of hydrogen-bond acceptors (Lipinski definition) is 5. The van der Waals surface area contributed by atoms with E-state index in [1.165, 1.54) is 0 Å². The van der Waals surface area contributed by atoms with Crippen molar-refractivity contribution in [1.82, 2.24) is 14.8 Å². The van der Waals surface area contributed by atoms with Gasteiger partial charge in [-0.25, -0.2) is 4.98 Å². The van der Waals surface area contributed by atoms with Gasteiger partial charge in [-0.05, 0) is 62.7 Å². The van der Waals surface area contributed by atoms with Gasteiger partial charge < -0.3 is 9.73 Å². The lowest BCUT2D eigenvalue weighted by Crippen LogP contribution is -2.12. The van der Waals surface area contributed by atoms with Gasteiger partial charge in [0, 0.05) is 35.3 Å². The zero-order valence-electron chi connectivity index (χ0n) is 18.8. The standard InChI is InChI=1S/C26H23ClN4O2/c1-14-9-20(16(3)29-19-6-8-23(27)28-12-19)26-21(10-14)24(32)15(2)25(33-26)17-5-7-22-18(11-17)13-31(4)30-22/h5-13,16,29H,1-4H3. The van der Waals surface area contributed by atoms with Crippen molar-refractivity contribution < 1.29 is 4.42 Å². The second-order valence-corrected chi connectivity index (χ2v) is 8.82. The predicted octanol–water partition coefficient (Wildman–Crippen LogP) is 6.19. The minimum Gasteiger partial charge on any atom is -0.455 e. The highest BCUT2D eigenvalue weighted by Gasteiger charge is 2.19. The Balaban J connectivity index is 1.67. The van der Waals surface area contributed by atoms with Crippen molar-refractivity contribution in [1.29, 1.82) is 0 Å². The molecule has 33 heavy (non-hydrogen) atoms. The van der Waals surface area contributed by atoms with Crippen LogP contribution in [-0.2, 0) is 7.05 Å². The maximum atomic E-state index is 13.4. The molecule has 0 radical (unpaired) electrons. The number of halogens is 1. The molecule has 3 aromatic heterocycles. The zero-order chi connectivity index (χ0) is 23.3. The third kappa shape index (κ3) is 3.87. The first-order valence-corrected chi connectivity index (χ1v) is 11.1. The van der Waals surface area contributed by atoms with E-state index in [1.807, 2.05) is 64.3 Å². The molecule has 5 aromatic rings. The fourth-order valence-corrected chi connectivity index (χ4v) is 4.36. The third-order valence-electron chi connectivity index (χ3n) is 5.85. The average Bonchev–Trinajstić information content (AvgIpc) is 3.16. The number of hydrogen-bond donors (Lipinski definition) is 1. The summed E-state index contributed by atoms with van der Waals surface area (Å²) in [5, 5.41) is 9.87. The van der Waals surface area contributed by atoms with Crippen LogP contribution in [0, 0.1) is 13.8 Å². The summed E-state index contributed by atoms with van der Waals surface area (Å²) in [5.74, 6) is 0.573. The van der Waals surface area contributed by atoms with Gasteiger partial charge in [0.2, 0.25) is 0 Å². The lowest BCUT2D eigenvalue weighted by atomic mass is 9.98. The van der Waals surface area contributed by atoms with E-state index in [-0.39, 0.29) is 11.5 Å². The highest BCUT2D eigenvalue weighted by molar-refractivity contribution is 6.29. The molecule has 1 atom stereocenters. The van der Waals surface area contributed by atoms with Gasteiger partial charge in [-0.3, -0.25) is 9.48 Å². The van der Waals surface area contributed by atoms with Crippen molar-refractivity contribution >= 4 is 39.2 Å². The van der Waals surface area contributed by atoms with Gasteiger partial charge >= 0.3 is 0 Å². The molecule has 7 heteroatoms. The number of anilines is 1. The van der Waals surface area contributed by atoms with Gasteiger partial charge in [-0.2, -0.15) is 5.10 Å². The molecule has 0 aliphatic carbocycles. The molecular weight excluding hydrogens is 436 g/mol. The summed E-state index contributed by atoms with van der Waals surface area (Å²) in [4.78, 5) is 17.5. The number of rotatable bonds is 4. The van der Waals surface area contributed by atoms with Crippen molar-refractivity contribution in [2.75, 3.05) is 5.32 Å². The first-order chi connectivity index (χ1) is 15.8. The van der Waals surface area contributed by atoms with E-state index in [2.05, 4.69) is 21.5 Å². The maximum absolute atomic E-state index is 13.4. The summed E-state index contributed by atoms with van der Waals surface area (Å²) in [6.45, 7) is 5.83. The molecule has 3 heterocycles. The Morgan fingerprint density at radius 3 is 2.70 bits per heavy atom. The number of aryl methyl sites for hydroxylation is 2. The lowest BCUT2D eigenvalue weighted by molar-refractivity contribution is 0.606. The number of benzene rings is 2. The van der Waals surface area contributed by atoms with E-state index >= 15 is 0 Å². The molecule has 0 spiro atoms. The molecule has 0 fully saturated rings. The molecule has 0 saturated carbocycles. The van der Waals surface area contributed by atoms with Crippen molar-refractivity contribution in [2.45, 2.75) is 26.8 Å². The van der Waals surface area contributed by atoms with E-state index < -0.39 is 0 Å². The van der Waals surface area contributed by atoms with Crippen LogP contribution in [-0.4, -0.2) is 14.8 Å².